The van der Waals surface area contributed by atoms with E-state index in [1.165, 1.54) is 0 Å². The molecule has 0 aliphatic rings. The highest BCUT2D eigenvalue weighted by atomic mass is 16.0. The van der Waals surface area contributed by atoms with Crippen molar-refractivity contribution < 1.29 is 0 Å². The summed E-state index contributed by atoms with van der Waals surface area (Å²) >= 11 is 0. The van der Waals surface area contributed by atoms with E-state index < -0.39 is 0 Å². The molecule has 12 nitrogen and oxygen atoms in total. The van der Waals surface area contributed by atoms with E-state index in [1.807, 2.05) is 0 Å². The zero-order valence-corrected chi connectivity index (χ0v) is 8.49. The molecule has 0 aromatic carbocycles. The van der Waals surface area contributed by atoms with Crippen molar-refractivity contribution in [3.8, 4) is 0 Å². The Morgan fingerprint density at radius 3 is 1.67 bits per heavy atom. The molecule has 0 aliphatic heterocycles. The first-order valence-electron chi connectivity index (χ1n) is 4.35. The van der Waals surface area contributed by atoms with Crippen LogP contribution < -0.4 is 66.6 Å². The molecule has 0 aromatic rings. The first-order valence-corrected chi connectivity index (χ1v) is 4.35. The van der Waals surface area contributed by atoms with Gasteiger partial charge >= 0.3 is 0 Å². The SMILES string of the molecule is CCCNNNNNNNNNNNN. The summed E-state index contributed by atoms with van der Waals surface area (Å²) in [6.45, 7) is 2.93. The predicted octanol–water partition coefficient (Wildman–Crippen LogP) is -5.09. The fourth-order valence-electron chi connectivity index (χ4n) is 0.487. The van der Waals surface area contributed by atoms with Gasteiger partial charge in [0.15, 0.2) is 0 Å². The Hall–Kier alpha value is -0.480. The number of nitrogens with one attached hydrogen (secondary N) is 11. The first kappa shape index (κ1) is 14.5. The summed E-state index contributed by atoms with van der Waals surface area (Å²) in [6.07, 6.45) is 1.04. The van der Waals surface area contributed by atoms with Gasteiger partial charge in [0.2, 0.25) is 0 Å². The molecule has 0 rings (SSSR count). The maximum absolute atomic E-state index is 4.88. The Balaban J connectivity index is 2.81. The molecule has 0 aromatic heterocycles. The highest BCUT2D eigenvalue weighted by molar-refractivity contribution is 4.29. The van der Waals surface area contributed by atoms with Crippen LogP contribution in [0.5, 0.6) is 0 Å². The molecule has 0 heterocycles. The van der Waals surface area contributed by atoms with Crippen molar-refractivity contribution >= 4 is 0 Å². The molecule has 0 amide bonds. The highest BCUT2D eigenvalue weighted by Gasteiger charge is 1.81. The fourth-order valence-corrected chi connectivity index (χ4v) is 0.487. The van der Waals surface area contributed by atoms with Crippen LogP contribution in [-0.4, -0.2) is 6.54 Å². The van der Waals surface area contributed by atoms with Gasteiger partial charge in [-0.05, 0) is 6.42 Å². The van der Waals surface area contributed by atoms with E-state index in [-0.39, 0.29) is 0 Å². The standard InChI is InChI=1S/C3H20N12/c1-2-3-5-7-9-11-13-15-14-12-10-8-6-4/h5-15H,2-4H2,1H3. The molecule has 0 saturated carbocycles. The topological polar surface area (TPSA) is 158 Å². The lowest BCUT2D eigenvalue weighted by atomic mass is 10.5. The van der Waals surface area contributed by atoms with Crippen LogP contribution >= 0.6 is 0 Å². The van der Waals surface area contributed by atoms with E-state index in [0.717, 1.165) is 13.0 Å². The molecule has 12 heteroatoms. The summed E-state index contributed by atoms with van der Waals surface area (Å²) in [5.74, 6) is 4.88. The van der Waals surface area contributed by atoms with E-state index >= 15 is 0 Å². The van der Waals surface area contributed by atoms with Gasteiger partial charge in [0.25, 0.3) is 0 Å². The van der Waals surface area contributed by atoms with Gasteiger partial charge < -0.3 is 0 Å². The van der Waals surface area contributed by atoms with Gasteiger partial charge in [0.1, 0.15) is 0 Å². The highest BCUT2D eigenvalue weighted by Crippen LogP contribution is 1.62. The van der Waals surface area contributed by atoms with Crippen molar-refractivity contribution in [2.24, 2.45) is 5.84 Å². The van der Waals surface area contributed by atoms with Crippen LogP contribution in [0.1, 0.15) is 13.3 Å². The maximum Gasteiger partial charge on any atom is 0.0111 e. The number of hydrogen-bond donors (Lipinski definition) is 12. The van der Waals surface area contributed by atoms with Gasteiger partial charge in [-0.3, -0.25) is 5.84 Å². The van der Waals surface area contributed by atoms with Crippen molar-refractivity contribution in [2.75, 3.05) is 6.54 Å². The van der Waals surface area contributed by atoms with Crippen LogP contribution in [0.15, 0.2) is 0 Å². The largest absolute Gasteiger partial charge is 0.257 e. The van der Waals surface area contributed by atoms with Crippen molar-refractivity contribution in [3.05, 3.63) is 0 Å². The molecular formula is C3H20N12. The zero-order chi connectivity index (χ0) is 11.2. The van der Waals surface area contributed by atoms with Crippen molar-refractivity contribution in [3.63, 3.8) is 0 Å². The summed E-state index contributed by atoms with van der Waals surface area (Å²) in [6, 6.07) is 0. The molecule has 0 radical (unpaired) electrons. The fraction of sp³-hybridized carbons (Fsp3) is 1.00. The average molecular weight is 224 g/mol. The molecule has 92 valence electrons. The number of nitrogens with two attached hydrogens (primary N) is 1. The summed E-state index contributed by atoms with van der Waals surface area (Å²) in [5.41, 5.74) is 27.6. The number of hydrogen-bond acceptors (Lipinski definition) is 12. The Bertz CT molecular complexity index is 95.0. The molecule has 0 saturated heterocycles. The minimum atomic E-state index is 0.865. The smallest absolute Gasteiger partial charge is 0.0111 e. The number of rotatable bonds is 12. The summed E-state index contributed by atoms with van der Waals surface area (Å²) in [4.78, 5) is 0. The lowest BCUT2D eigenvalue weighted by Crippen LogP contribution is -2.66. The maximum atomic E-state index is 4.88. The third-order valence-corrected chi connectivity index (χ3v) is 1.04. The van der Waals surface area contributed by atoms with Gasteiger partial charge in [-0.15, -0.1) is 0 Å². The molecule has 0 aliphatic carbocycles. The number of hydrazine groups is 11. The zero-order valence-electron chi connectivity index (χ0n) is 8.49. The Labute approximate surface area is 87.5 Å². The van der Waals surface area contributed by atoms with Crippen LogP contribution in [0.3, 0.4) is 0 Å². The second-order valence-corrected chi connectivity index (χ2v) is 2.20. The molecule has 13 N–H and O–H groups in total. The average Bonchev–Trinajstić information content (AvgIpc) is 2.26. The van der Waals surface area contributed by atoms with E-state index in [4.69, 9.17) is 5.84 Å². The van der Waals surface area contributed by atoms with Gasteiger partial charge in [-0.2, -0.15) is 55.3 Å². The van der Waals surface area contributed by atoms with Crippen LogP contribution in [0, 0.1) is 0 Å². The summed E-state index contributed by atoms with van der Waals surface area (Å²) in [7, 11) is 0. The third-order valence-electron chi connectivity index (χ3n) is 1.04. The Morgan fingerprint density at radius 1 is 0.733 bits per heavy atom. The Kier molecular flexibility index (Phi) is 13.1. The lowest BCUT2D eigenvalue weighted by molar-refractivity contribution is 0.225. The van der Waals surface area contributed by atoms with Crippen molar-refractivity contribution in [1.82, 2.24) is 60.8 Å². The van der Waals surface area contributed by atoms with E-state index in [9.17, 15) is 0 Å². The van der Waals surface area contributed by atoms with Crippen molar-refractivity contribution in [2.45, 2.75) is 13.3 Å². The lowest BCUT2D eigenvalue weighted by Gasteiger charge is -2.12. The van der Waals surface area contributed by atoms with Gasteiger partial charge in [0, 0.05) is 6.54 Å². The van der Waals surface area contributed by atoms with Crippen LogP contribution in [0.25, 0.3) is 0 Å². The van der Waals surface area contributed by atoms with Gasteiger partial charge in [-0.1, -0.05) is 6.92 Å². The van der Waals surface area contributed by atoms with Crippen LogP contribution in [0.4, 0.5) is 0 Å². The first-order chi connectivity index (χ1) is 7.41. The predicted molar refractivity (Wildman–Crippen MR) is 53.8 cm³/mol. The minimum Gasteiger partial charge on any atom is -0.257 e. The Morgan fingerprint density at radius 2 is 1.20 bits per heavy atom. The quantitative estimate of drug-likeness (QED) is 0.0870. The van der Waals surface area contributed by atoms with Crippen molar-refractivity contribution in [1.29, 1.82) is 0 Å². The normalized spacial score (nSPS) is 10.8. The molecule has 15 heavy (non-hydrogen) atoms. The second-order valence-electron chi connectivity index (χ2n) is 2.20. The molecule has 0 unspecified atom stereocenters. The van der Waals surface area contributed by atoms with Gasteiger partial charge in [0.05, 0.1) is 0 Å². The molecule has 0 bridgehead atoms. The second kappa shape index (κ2) is 13.5. The van der Waals surface area contributed by atoms with E-state index in [1.54, 1.807) is 0 Å². The minimum absolute atomic E-state index is 0.865. The third kappa shape index (κ3) is 13.5. The van der Waals surface area contributed by atoms with E-state index in [0.29, 0.717) is 0 Å². The van der Waals surface area contributed by atoms with Crippen LogP contribution in [-0.2, 0) is 0 Å². The van der Waals surface area contributed by atoms with Crippen LogP contribution in [0.2, 0.25) is 0 Å². The molecule has 0 atom stereocenters. The summed E-state index contributed by atoms with van der Waals surface area (Å²) < 4.78 is 0. The molecule has 0 spiro atoms. The monoisotopic (exact) mass is 224 g/mol. The molecule has 0 fully saturated rings. The van der Waals surface area contributed by atoms with Gasteiger partial charge in [-0.25, -0.2) is 5.43 Å². The summed E-state index contributed by atoms with van der Waals surface area (Å²) in [5, 5.41) is 0. The van der Waals surface area contributed by atoms with E-state index in [2.05, 4.69) is 67.7 Å². The molecular weight excluding hydrogens is 204 g/mol.